The van der Waals surface area contributed by atoms with Crippen molar-refractivity contribution in [2.45, 2.75) is 63.5 Å². The maximum atomic E-state index is 12.1. The van der Waals surface area contributed by atoms with Gasteiger partial charge >= 0.3 is 5.97 Å². The van der Waals surface area contributed by atoms with Crippen molar-refractivity contribution < 1.29 is 9.53 Å². The maximum absolute atomic E-state index is 12.1. The molecule has 2 rings (SSSR count). The van der Waals surface area contributed by atoms with Crippen molar-refractivity contribution in [2.75, 3.05) is 20.2 Å². The Bertz CT molecular complexity index is 311. The first-order valence-electron chi connectivity index (χ1n) is 7.73. The van der Waals surface area contributed by atoms with Crippen LogP contribution >= 0.6 is 0 Å². The second-order valence-corrected chi connectivity index (χ2v) is 6.16. The molecule has 0 radical (unpaired) electrons. The van der Waals surface area contributed by atoms with Crippen molar-refractivity contribution in [1.82, 2.24) is 4.90 Å². The zero-order valence-electron chi connectivity index (χ0n) is 12.4. The summed E-state index contributed by atoms with van der Waals surface area (Å²) >= 11 is 0. The average molecular weight is 268 g/mol. The number of hydrogen-bond donors (Lipinski definition) is 1. The lowest BCUT2D eigenvalue weighted by atomic mass is 9.89. The summed E-state index contributed by atoms with van der Waals surface area (Å²) in [4.78, 5) is 14.5. The summed E-state index contributed by atoms with van der Waals surface area (Å²) in [7, 11) is 1.45. The first kappa shape index (κ1) is 14.8. The Hall–Kier alpha value is -0.610. The fourth-order valence-corrected chi connectivity index (χ4v) is 3.43. The molecule has 2 saturated carbocycles. The number of ether oxygens (including phenoxy) is 1. The molecule has 0 aromatic carbocycles. The monoisotopic (exact) mass is 268 g/mol. The van der Waals surface area contributed by atoms with E-state index in [1.807, 2.05) is 0 Å². The van der Waals surface area contributed by atoms with Crippen LogP contribution in [-0.4, -0.2) is 42.6 Å². The zero-order valence-corrected chi connectivity index (χ0v) is 12.4. The first-order valence-corrected chi connectivity index (χ1v) is 7.73. The summed E-state index contributed by atoms with van der Waals surface area (Å²) in [6.45, 7) is 3.79. The van der Waals surface area contributed by atoms with Crippen molar-refractivity contribution in [1.29, 1.82) is 0 Å². The van der Waals surface area contributed by atoms with Crippen LogP contribution in [0.1, 0.15) is 51.9 Å². The van der Waals surface area contributed by atoms with Crippen LogP contribution in [0.15, 0.2) is 0 Å². The molecule has 2 aliphatic rings. The average Bonchev–Trinajstić information content (AvgIpc) is 3.29. The largest absolute Gasteiger partial charge is 0.468 e. The summed E-state index contributed by atoms with van der Waals surface area (Å²) in [5.74, 6) is 0.0850. The Morgan fingerprint density at radius 3 is 2.37 bits per heavy atom. The van der Waals surface area contributed by atoms with E-state index in [0.717, 1.165) is 19.4 Å². The van der Waals surface area contributed by atoms with Gasteiger partial charge in [-0.2, -0.15) is 0 Å². The van der Waals surface area contributed by atoms with Crippen molar-refractivity contribution in [3.05, 3.63) is 0 Å². The zero-order chi connectivity index (χ0) is 13.9. The second kappa shape index (κ2) is 6.23. The summed E-state index contributed by atoms with van der Waals surface area (Å²) < 4.78 is 4.96. The summed E-state index contributed by atoms with van der Waals surface area (Å²) in [6.07, 6.45) is 8.58. The first-order chi connectivity index (χ1) is 9.11. The van der Waals surface area contributed by atoms with Gasteiger partial charge in [-0.05, 0) is 38.1 Å². The quantitative estimate of drug-likeness (QED) is 0.748. The van der Waals surface area contributed by atoms with Crippen molar-refractivity contribution >= 4 is 5.97 Å². The van der Waals surface area contributed by atoms with Gasteiger partial charge in [-0.3, -0.25) is 9.69 Å². The highest BCUT2D eigenvalue weighted by atomic mass is 16.5. The molecule has 4 nitrogen and oxygen atoms in total. The fraction of sp³-hybridized carbons (Fsp3) is 0.933. The number of nitrogens with two attached hydrogens (primary N) is 1. The Morgan fingerprint density at radius 2 is 1.89 bits per heavy atom. The molecule has 1 atom stereocenters. The predicted octanol–water partition coefficient (Wildman–Crippen LogP) is 1.92. The van der Waals surface area contributed by atoms with E-state index >= 15 is 0 Å². The number of nitrogens with zero attached hydrogens (tertiary/aromatic N) is 1. The van der Waals surface area contributed by atoms with Crippen LogP contribution in [0.2, 0.25) is 0 Å². The van der Waals surface area contributed by atoms with Gasteiger partial charge in [0, 0.05) is 12.6 Å². The molecule has 110 valence electrons. The Labute approximate surface area is 116 Å². The highest BCUT2D eigenvalue weighted by molar-refractivity contribution is 5.81. The number of esters is 1. The van der Waals surface area contributed by atoms with E-state index in [2.05, 4.69) is 11.8 Å². The molecule has 4 heteroatoms. The third-order valence-electron chi connectivity index (χ3n) is 4.83. The standard InChI is InChI=1S/C15H28N2O2/c1-3-17(13-7-5-4-6-8-13)11-15(16,12-9-10-12)14(18)19-2/h12-13H,3-11,16H2,1-2H3. The molecule has 2 aliphatic carbocycles. The molecule has 0 aliphatic heterocycles. The molecule has 0 aromatic rings. The van der Waals surface area contributed by atoms with Gasteiger partial charge in [0.05, 0.1) is 7.11 Å². The van der Waals surface area contributed by atoms with Crippen LogP contribution < -0.4 is 5.73 Å². The molecular formula is C15H28N2O2. The summed E-state index contributed by atoms with van der Waals surface area (Å²) in [5.41, 5.74) is 5.63. The minimum Gasteiger partial charge on any atom is -0.468 e. The second-order valence-electron chi connectivity index (χ2n) is 6.16. The highest BCUT2D eigenvalue weighted by Gasteiger charge is 2.50. The van der Waals surface area contributed by atoms with Crippen LogP contribution in [0.5, 0.6) is 0 Å². The van der Waals surface area contributed by atoms with E-state index in [0.29, 0.717) is 18.5 Å². The van der Waals surface area contributed by atoms with E-state index < -0.39 is 5.54 Å². The highest BCUT2D eigenvalue weighted by Crippen LogP contribution is 2.40. The van der Waals surface area contributed by atoms with Crippen LogP contribution in [0.4, 0.5) is 0 Å². The van der Waals surface area contributed by atoms with E-state index in [1.165, 1.54) is 39.2 Å². The Morgan fingerprint density at radius 1 is 1.26 bits per heavy atom. The molecule has 0 bridgehead atoms. The molecule has 19 heavy (non-hydrogen) atoms. The van der Waals surface area contributed by atoms with Crippen molar-refractivity contribution in [3.8, 4) is 0 Å². The number of carbonyl (C=O) groups excluding carboxylic acids is 1. The Balaban J connectivity index is 2.03. The lowest BCUT2D eigenvalue weighted by Gasteiger charge is -2.39. The predicted molar refractivity (Wildman–Crippen MR) is 75.8 cm³/mol. The van der Waals surface area contributed by atoms with E-state index in [1.54, 1.807) is 0 Å². The van der Waals surface area contributed by atoms with Gasteiger partial charge in [-0.1, -0.05) is 26.2 Å². The van der Waals surface area contributed by atoms with Crippen LogP contribution in [-0.2, 0) is 9.53 Å². The van der Waals surface area contributed by atoms with Gasteiger partial charge in [0.2, 0.25) is 0 Å². The molecule has 0 aromatic heterocycles. The number of carbonyl (C=O) groups is 1. The molecule has 2 N–H and O–H groups in total. The van der Waals surface area contributed by atoms with Crippen LogP contribution in [0, 0.1) is 5.92 Å². The molecule has 0 saturated heterocycles. The fourth-order valence-electron chi connectivity index (χ4n) is 3.43. The molecule has 0 spiro atoms. The van der Waals surface area contributed by atoms with Crippen LogP contribution in [0.25, 0.3) is 0 Å². The number of hydrogen-bond acceptors (Lipinski definition) is 4. The van der Waals surface area contributed by atoms with Gasteiger partial charge < -0.3 is 10.5 Å². The van der Waals surface area contributed by atoms with Crippen molar-refractivity contribution in [3.63, 3.8) is 0 Å². The third kappa shape index (κ3) is 3.29. The van der Waals surface area contributed by atoms with E-state index in [9.17, 15) is 4.79 Å². The molecular weight excluding hydrogens is 240 g/mol. The topological polar surface area (TPSA) is 55.6 Å². The Kier molecular flexibility index (Phi) is 4.85. The van der Waals surface area contributed by atoms with Gasteiger partial charge in [0.15, 0.2) is 0 Å². The third-order valence-corrected chi connectivity index (χ3v) is 4.83. The van der Waals surface area contributed by atoms with Gasteiger partial charge in [-0.15, -0.1) is 0 Å². The molecule has 1 unspecified atom stereocenters. The minimum absolute atomic E-state index is 0.232. The SMILES string of the molecule is CCN(CC(N)(C(=O)OC)C1CC1)C1CCCCC1. The van der Waals surface area contributed by atoms with E-state index in [4.69, 9.17) is 10.5 Å². The lowest BCUT2D eigenvalue weighted by molar-refractivity contribution is -0.149. The van der Waals surface area contributed by atoms with Gasteiger partial charge in [0.25, 0.3) is 0 Å². The summed E-state index contributed by atoms with van der Waals surface area (Å²) in [6, 6.07) is 0.602. The number of rotatable bonds is 6. The van der Waals surface area contributed by atoms with Crippen molar-refractivity contribution in [2.24, 2.45) is 11.7 Å². The maximum Gasteiger partial charge on any atom is 0.327 e. The summed E-state index contributed by atoms with van der Waals surface area (Å²) in [5, 5.41) is 0. The van der Waals surface area contributed by atoms with E-state index in [-0.39, 0.29) is 5.97 Å². The lowest BCUT2D eigenvalue weighted by Crippen LogP contribution is -2.60. The molecule has 0 amide bonds. The smallest absolute Gasteiger partial charge is 0.327 e. The van der Waals surface area contributed by atoms with Crippen LogP contribution in [0.3, 0.4) is 0 Å². The normalized spacial score (nSPS) is 24.2. The molecule has 2 fully saturated rings. The number of likely N-dealkylation sites (N-methyl/N-ethyl adjacent to an activating group) is 1. The number of methoxy groups -OCH3 is 1. The van der Waals surface area contributed by atoms with Gasteiger partial charge in [0.1, 0.15) is 5.54 Å². The minimum atomic E-state index is -0.789. The molecule has 0 heterocycles. The van der Waals surface area contributed by atoms with Gasteiger partial charge in [-0.25, -0.2) is 0 Å².